The van der Waals surface area contributed by atoms with Gasteiger partial charge in [-0.25, -0.2) is 0 Å². The minimum Gasteiger partial charge on any atom is -0.508 e. The van der Waals surface area contributed by atoms with E-state index in [0.717, 1.165) is 11.2 Å². The molecule has 0 bridgehead atoms. The van der Waals surface area contributed by atoms with Crippen LogP contribution in [0.4, 0.5) is 0 Å². The van der Waals surface area contributed by atoms with Crippen molar-refractivity contribution in [2.75, 3.05) is 6.26 Å². The van der Waals surface area contributed by atoms with Gasteiger partial charge in [-0.15, -0.1) is 5.10 Å². The second-order valence-electron chi connectivity index (χ2n) is 4.10. The van der Waals surface area contributed by atoms with Gasteiger partial charge in [0.05, 0.1) is 6.21 Å². The van der Waals surface area contributed by atoms with Gasteiger partial charge in [0.2, 0.25) is 0 Å². The van der Waals surface area contributed by atoms with E-state index in [4.69, 9.17) is 0 Å². The quantitative estimate of drug-likeness (QED) is 0.672. The fourth-order valence-electron chi connectivity index (χ4n) is 1.56. The number of hydrogen-bond donors (Lipinski definition) is 1. The van der Waals surface area contributed by atoms with Gasteiger partial charge in [-0.2, -0.15) is 0 Å². The van der Waals surface area contributed by atoms with E-state index in [2.05, 4.69) is 29.4 Å². The summed E-state index contributed by atoms with van der Waals surface area (Å²) < 4.78 is 2.25. The average molecular weight is 269 g/mol. The summed E-state index contributed by atoms with van der Waals surface area (Å²) in [6.07, 6.45) is 5.38. The molecule has 0 saturated heterocycles. The van der Waals surface area contributed by atoms with Crippen LogP contribution in [0.25, 0.3) is 0 Å². The smallest absolute Gasteiger partial charge is 0.301 e. The van der Waals surface area contributed by atoms with Crippen molar-refractivity contribution >= 4 is 23.3 Å². The first-order valence-electron chi connectivity index (χ1n) is 5.72. The molecule has 1 aliphatic heterocycles. The molecule has 0 aliphatic carbocycles. The monoisotopic (exact) mass is 269 g/mol. The van der Waals surface area contributed by atoms with E-state index in [-0.39, 0.29) is 6.85 Å². The number of rotatable bonds is 4. The molecule has 0 amide bonds. The summed E-state index contributed by atoms with van der Waals surface area (Å²) in [6.45, 7) is 4.53. The molecule has 1 heterocycles. The standard InChI is InChI=1S/C12H17N2OPS/c1-4-10(2)16-14(17(16)3)13-9-11-5-7-12(15)8-6-11/h5-10H,4H2,1-3H3/p+1. The maximum Gasteiger partial charge on any atom is 0.301 e. The van der Waals surface area contributed by atoms with Gasteiger partial charge >= 0.3 is 6.85 Å². The molecule has 3 nitrogen and oxygen atoms in total. The molecule has 0 fully saturated rings. The molecule has 3 unspecified atom stereocenters. The Hall–Kier alpha value is -0.860. The Balaban J connectivity index is 1.98. The third-order valence-electron chi connectivity index (χ3n) is 2.82. The van der Waals surface area contributed by atoms with E-state index in [9.17, 15) is 5.11 Å². The van der Waals surface area contributed by atoms with Crippen molar-refractivity contribution in [2.45, 2.75) is 25.9 Å². The zero-order valence-electron chi connectivity index (χ0n) is 10.4. The van der Waals surface area contributed by atoms with Crippen LogP contribution in [-0.4, -0.2) is 27.4 Å². The van der Waals surface area contributed by atoms with Gasteiger partial charge < -0.3 is 5.11 Å². The summed E-state index contributed by atoms with van der Waals surface area (Å²) in [7, 11) is 0.356. The Morgan fingerprint density at radius 3 is 2.71 bits per heavy atom. The average Bonchev–Trinajstić information content (AvgIpc) is 2.98. The van der Waals surface area contributed by atoms with Gasteiger partial charge in [-0.05, 0) is 47.4 Å². The largest absolute Gasteiger partial charge is 0.508 e. The van der Waals surface area contributed by atoms with E-state index in [1.54, 1.807) is 12.1 Å². The number of nitrogens with zero attached hydrogens (tertiary/aromatic N) is 2. The summed E-state index contributed by atoms with van der Waals surface area (Å²) in [4.78, 5) is 0. The van der Waals surface area contributed by atoms with Crippen LogP contribution in [0.15, 0.2) is 29.4 Å². The first-order chi connectivity index (χ1) is 8.13. The predicted molar refractivity (Wildman–Crippen MR) is 77.5 cm³/mol. The molecule has 0 saturated carbocycles. The summed E-state index contributed by atoms with van der Waals surface area (Å²) in [5, 5.41) is 13.7. The second kappa shape index (κ2) is 5.19. The molecular weight excluding hydrogens is 251 g/mol. The Morgan fingerprint density at radius 2 is 2.12 bits per heavy atom. The number of hydrogen-bond acceptors (Lipinski definition) is 3. The van der Waals surface area contributed by atoms with Crippen LogP contribution >= 0.6 is 6.85 Å². The summed E-state index contributed by atoms with van der Waals surface area (Å²) in [5.74, 6) is 0.297. The highest BCUT2D eigenvalue weighted by atomic mass is 32.6. The first kappa shape index (κ1) is 12.6. The minimum atomic E-state index is -0.0251. The lowest BCUT2D eigenvalue weighted by Gasteiger charge is -1.94. The van der Waals surface area contributed by atoms with E-state index < -0.39 is 0 Å². The highest BCUT2D eigenvalue weighted by Crippen LogP contribution is 2.55. The molecule has 92 valence electrons. The SMILES string of the molecule is CCC(C)[P+]1=S(C)N1N=Cc1ccc(O)cc1. The number of phenolic OH excluding ortho intramolecular Hbond substituents is 1. The molecule has 2 rings (SSSR count). The fraction of sp³-hybridized carbons (Fsp3) is 0.417. The summed E-state index contributed by atoms with van der Waals surface area (Å²) >= 11 is 0. The third-order valence-corrected chi connectivity index (χ3v) is 9.62. The first-order valence-corrected chi connectivity index (χ1v) is 9.27. The molecule has 1 aliphatic rings. The highest BCUT2D eigenvalue weighted by molar-refractivity contribution is 8.37. The summed E-state index contributed by atoms with van der Waals surface area (Å²) in [5.41, 5.74) is 1.81. The van der Waals surface area contributed by atoms with Crippen LogP contribution in [0.1, 0.15) is 25.8 Å². The lowest BCUT2D eigenvalue weighted by molar-refractivity contribution is 0.475. The maximum atomic E-state index is 9.18. The number of benzene rings is 1. The van der Waals surface area contributed by atoms with Crippen LogP contribution < -0.4 is 0 Å². The van der Waals surface area contributed by atoms with Crippen LogP contribution in [0.3, 0.4) is 0 Å². The van der Waals surface area contributed by atoms with Crippen LogP contribution in [0.5, 0.6) is 5.75 Å². The Kier molecular flexibility index (Phi) is 3.85. The van der Waals surface area contributed by atoms with E-state index in [1.165, 1.54) is 6.42 Å². The van der Waals surface area contributed by atoms with E-state index in [0.29, 0.717) is 16.0 Å². The van der Waals surface area contributed by atoms with Gasteiger partial charge in [-0.3, -0.25) is 0 Å². The topological polar surface area (TPSA) is 35.6 Å². The molecule has 1 N–H and O–H groups in total. The lowest BCUT2D eigenvalue weighted by Crippen LogP contribution is -1.95. The van der Waals surface area contributed by atoms with Gasteiger partial charge in [0, 0.05) is 6.26 Å². The zero-order valence-corrected chi connectivity index (χ0v) is 12.1. The van der Waals surface area contributed by atoms with Crippen LogP contribution in [0, 0.1) is 0 Å². The van der Waals surface area contributed by atoms with Gasteiger partial charge in [0.15, 0.2) is 10.3 Å². The minimum absolute atomic E-state index is 0.0251. The van der Waals surface area contributed by atoms with Crippen molar-refractivity contribution in [3.63, 3.8) is 0 Å². The molecule has 0 spiro atoms. The molecule has 1 aromatic carbocycles. The molecule has 0 aromatic heterocycles. The number of aromatic hydroxyl groups is 1. The predicted octanol–water partition coefficient (Wildman–Crippen LogP) is 3.32. The van der Waals surface area contributed by atoms with Crippen molar-refractivity contribution < 1.29 is 5.11 Å². The second-order valence-corrected chi connectivity index (χ2v) is 10.2. The van der Waals surface area contributed by atoms with Crippen LogP contribution in [0.2, 0.25) is 0 Å². The van der Waals surface area contributed by atoms with Gasteiger partial charge in [-0.1, -0.05) is 6.92 Å². The molecular formula is C12H18N2OPS+. The molecule has 17 heavy (non-hydrogen) atoms. The van der Waals surface area contributed by atoms with Crippen molar-refractivity contribution in [1.29, 1.82) is 0 Å². The Morgan fingerprint density at radius 1 is 1.47 bits per heavy atom. The van der Waals surface area contributed by atoms with Crippen molar-refractivity contribution in [3.8, 4) is 5.75 Å². The van der Waals surface area contributed by atoms with Crippen molar-refractivity contribution in [2.24, 2.45) is 5.10 Å². The summed E-state index contributed by atoms with van der Waals surface area (Å²) in [6, 6.07) is 7.13. The van der Waals surface area contributed by atoms with E-state index in [1.807, 2.05) is 18.3 Å². The number of phenols is 1. The molecule has 3 atom stereocenters. The van der Waals surface area contributed by atoms with E-state index >= 15 is 0 Å². The van der Waals surface area contributed by atoms with Crippen molar-refractivity contribution in [3.05, 3.63) is 29.8 Å². The Labute approximate surface area is 106 Å². The highest BCUT2D eigenvalue weighted by Gasteiger charge is 2.48. The molecule has 5 heteroatoms. The van der Waals surface area contributed by atoms with Gasteiger partial charge in [0.1, 0.15) is 11.4 Å². The zero-order chi connectivity index (χ0) is 12.4. The molecule has 0 radical (unpaired) electrons. The van der Waals surface area contributed by atoms with Crippen molar-refractivity contribution in [1.82, 2.24) is 4.18 Å². The Bertz CT molecular complexity index is 470. The molecule has 1 aromatic rings. The van der Waals surface area contributed by atoms with Gasteiger partial charge in [0.25, 0.3) is 0 Å². The normalized spacial score (nSPS) is 23.1. The van der Waals surface area contributed by atoms with Crippen LogP contribution in [-0.2, 0) is 10.3 Å². The lowest BCUT2D eigenvalue weighted by atomic mass is 10.2. The maximum absolute atomic E-state index is 9.18. The number of hydrazone groups is 1. The fourth-order valence-corrected chi connectivity index (χ4v) is 8.19. The third kappa shape index (κ3) is 2.88.